The minimum Gasteiger partial charge on any atom is -0.396 e. The Morgan fingerprint density at radius 3 is 3.00 bits per heavy atom. The summed E-state index contributed by atoms with van der Waals surface area (Å²) in [5.74, 6) is 0.765. The second kappa shape index (κ2) is 3.94. The lowest BCUT2D eigenvalue weighted by Gasteiger charge is -2.27. The van der Waals surface area contributed by atoms with Crippen LogP contribution in [0.3, 0.4) is 0 Å². The third-order valence-corrected chi connectivity index (χ3v) is 2.27. The Bertz CT molecular complexity index is 93.3. The summed E-state index contributed by atoms with van der Waals surface area (Å²) in [6.45, 7) is 3.70. The summed E-state index contributed by atoms with van der Waals surface area (Å²) in [7, 11) is 0. The highest BCUT2D eigenvalue weighted by Crippen LogP contribution is 2.18. The Kier molecular flexibility index (Phi) is 3.16. The van der Waals surface area contributed by atoms with Gasteiger partial charge in [0.05, 0.1) is 0 Å². The van der Waals surface area contributed by atoms with Crippen molar-refractivity contribution in [3.63, 3.8) is 0 Å². The van der Waals surface area contributed by atoms with Crippen LogP contribution in [-0.2, 0) is 0 Å². The number of nitrogens with one attached hydrogen (secondary N) is 1. The van der Waals surface area contributed by atoms with E-state index in [1.54, 1.807) is 0 Å². The fourth-order valence-corrected chi connectivity index (χ4v) is 1.68. The molecular weight excluding hydrogens is 126 g/mol. The molecule has 0 radical (unpaired) electrons. The number of aliphatic hydroxyl groups excluding tert-OH is 1. The van der Waals surface area contributed by atoms with Gasteiger partial charge in [0.15, 0.2) is 0 Å². The maximum Gasteiger partial charge on any atom is 0.0433 e. The van der Waals surface area contributed by atoms with Crippen LogP contribution in [-0.4, -0.2) is 24.3 Å². The number of piperidine rings is 1. The smallest absolute Gasteiger partial charge is 0.0433 e. The van der Waals surface area contributed by atoms with Crippen molar-refractivity contribution in [1.29, 1.82) is 0 Å². The fraction of sp³-hybridized carbons (Fsp3) is 1.00. The predicted octanol–water partition coefficient (Wildman–Crippen LogP) is 0.757. The van der Waals surface area contributed by atoms with Crippen LogP contribution in [0.25, 0.3) is 0 Å². The molecule has 0 aromatic rings. The Labute approximate surface area is 62.6 Å². The molecule has 0 aliphatic carbocycles. The van der Waals surface area contributed by atoms with Gasteiger partial charge in [-0.25, -0.2) is 0 Å². The summed E-state index contributed by atoms with van der Waals surface area (Å²) in [6, 6.07) is 0.658. The number of hydrogen-bond acceptors (Lipinski definition) is 2. The SMILES string of the molecule is CC1CC(CCO)CCN1. The second-order valence-electron chi connectivity index (χ2n) is 3.26. The van der Waals surface area contributed by atoms with Crippen molar-refractivity contribution in [2.45, 2.75) is 32.2 Å². The molecule has 2 unspecified atom stereocenters. The highest BCUT2D eigenvalue weighted by Gasteiger charge is 2.16. The molecule has 0 aromatic heterocycles. The average Bonchev–Trinajstić information content (AvgIpc) is 1.88. The standard InChI is InChI=1S/C8H17NO/c1-7-6-8(3-5-10)2-4-9-7/h7-10H,2-6H2,1H3. The van der Waals surface area contributed by atoms with E-state index >= 15 is 0 Å². The van der Waals surface area contributed by atoms with Gasteiger partial charge in [-0.15, -0.1) is 0 Å². The Balaban J connectivity index is 2.18. The highest BCUT2D eigenvalue weighted by atomic mass is 16.3. The van der Waals surface area contributed by atoms with Gasteiger partial charge in [0, 0.05) is 12.6 Å². The predicted molar refractivity (Wildman–Crippen MR) is 41.9 cm³/mol. The van der Waals surface area contributed by atoms with Crippen LogP contribution >= 0.6 is 0 Å². The molecule has 2 N–H and O–H groups in total. The summed E-state index contributed by atoms with van der Waals surface area (Å²) < 4.78 is 0. The van der Waals surface area contributed by atoms with Crippen molar-refractivity contribution in [1.82, 2.24) is 5.32 Å². The fourth-order valence-electron chi connectivity index (χ4n) is 1.68. The van der Waals surface area contributed by atoms with Crippen LogP contribution in [0.2, 0.25) is 0 Å². The van der Waals surface area contributed by atoms with Crippen molar-refractivity contribution in [3.05, 3.63) is 0 Å². The van der Waals surface area contributed by atoms with Crippen LogP contribution in [0.4, 0.5) is 0 Å². The molecule has 1 aliphatic heterocycles. The van der Waals surface area contributed by atoms with E-state index in [0.29, 0.717) is 12.6 Å². The van der Waals surface area contributed by atoms with E-state index in [4.69, 9.17) is 5.11 Å². The molecule has 1 aliphatic rings. The third kappa shape index (κ3) is 2.27. The first-order valence-electron chi connectivity index (χ1n) is 4.17. The summed E-state index contributed by atoms with van der Waals surface area (Å²) in [6.07, 6.45) is 3.47. The molecule has 2 atom stereocenters. The van der Waals surface area contributed by atoms with Gasteiger partial charge in [0.2, 0.25) is 0 Å². The lowest BCUT2D eigenvalue weighted by atomic mass is 9.91. The molecule has 1 saturated heterocycles. The van der Waals surface area contributed by atoms with E-state index in [2.05, 4.69) is 12.2 Å². The molecule has 1 heterocycles. The first-order valence-corrected chi connectivity index (χ1v) is 4.17. The van der Waals surface area contributed by atoms with Gasteiger partial charge in [0.25, 0.3) is 0 Å². The van der Waals surface area contributed by atoms with Gasteiger partial charge in [0.1, 0.15) is 0 Å². The van der Waals surface area contributed by atoms with E-state index in [9.17, 15) is 0 Å². The first-order chi connectivity index (χ1) is 4.83. The maximum absolute atomic E-state index is 8.68. The van der Waals surface area contributed by atoms with Crippen LogP contribution in [0.15, 0.2) is 0 Å². The van der Waals surface area contributed by atoms with E-state index in [1.807, 2.05) is 0 Å². The summed E-state index contributed by atoms with van der Waals surface area (Å²) in [5.41, 5.74) is 0. The van der Waals surface area contributed by atoms with Crippen LogP contribution in [0.1, 0.15) is 26.2 Å². The molecule has 0 amide bonds. The average molecular weight is 143 g/mol. The second-order valence-corrected chi connectivity index (χ2v) is 3.26. The molecule has 1 rings (SSSR count). The van der Waals surface area contributed by atoms with E-state index < -0.39 is 0 Å². The molecule has 1 fully saturated rings. The lowest BCUT2D eigenvalue weighted by Crippen LogP contribution is -2.35. The van der Waals surface area contributed by atoms with Gasteiger partial charge in [-0.2, -0.15) is 0 Å². The summed E-state index contributed by atoms with van der Waals surface area (Å²) >= 11 is 0. The summed E-state index contributed by atoms with van der Waals surface area (Å²) in [5, 5.41) is 12.1. The van der Waals surface area contributed by atoms with Gasteiger partial charge in [-0.3, -0.25) is 0 Å². The molecule has 0 saturated carbocycles. The third-order valence-electron chi connectivity index (χ3n) is 2.27. The largest absolute Gasteiger partial charge is 0.396 e. The minimum atomic E-state index is 0.359. The van der Waals surface area contributed by atoms with Gasteiger partial charge in [-0.1, -0.05) is 0 Å². The normalized spacial score (nSPS) is 34.2. The number of rotatable bonds is 2. The topological polar surface area (TPSA) is 32.3 Å². The number of aliphatic hydroxyl groups is 1. The van der Waals surface area contributed by atoms with Crippen molar-refractivity contribution < 1.29 is 5.11 Å². The highest BCUT2D eigenvalue weighted by molar-refractivity contribution is 4.74. The zero-order valence-electron chi connectivity index (χ0n) is 6.64. The molecule has 60 valence electrons. The summed E-state index contributed by atoms with van der Waals surface area (Å²) in [4.78, 5) is 0. The van der Waals surface area contributed by atoms with Gasteiger partial charge < -0.3 is 10.4 Å². The van der Waals surface area contributed by atoms with Crippen molar-refractivity contribution in [2.24, 2.45) is 5.92 Å². The Hall–Kier alpha value is -0.0800. The van der Waals surface area contributed by atoms with Crippen LogP contribution in [0, 0.1) is 5.92 Å². The lowest BCUT2D eigenvalue weighted by molar-refractivity contribution is 0.220. The maximum atomic E-state index is 8.68. The Morgan fingerprint density at radius 2 is 2.40 bits per heavy atom. The molecule has 0 spiro atoms. The number of hydrogen-bond donors (Lipinski definition) is 2. The van der Waals surface area contributed by atoms with E-state index in [0.717, 1.165) is 18.9 Å². The van der Waals surface area contributed by atoms with Gasteiger partial charge >= 0.3 is 0 Å². The molecule has 10 heavy (non-hydrogen) atoms. The first kappa shape index (κ1) is 8.02. The van der Waals surface area contributed by atoms with Crippen molar-refractivity contribution >= 4 is 0 Å². The minimum absolute atomic E-state index is 0.359. The Morgan fingerprint density at radius 1 is 1.60 bits per heavy atom. The van der Waals surface area contributed by atoms with E-state index in [-0.39, 0.29) is 0 Å². The van der Waals surface area contributed by atoms with Crippen LogP contribution < -0.4 is 5.32 Å². The monoisotopic (exact) mass is 143 g/mol. The molecule has 0 aromatic carbocycles. The van der Waals surface area contributed by atoms with E-state index in [1.165, 1.54) is 12.8 Å². The zero-order valence-corrected chi connectivity index (χ0v) is 6.64. The molecule has 2 heteroatoms. The van der Waals surface area contributed by atoms with Crippen molar-refractivity contribution in [2.75, 3.05) is 13.2 Å². The van der Waals surface area contributed by atoms with Gasteiger partial charge in [-0.05, 0) is 38.6 Å². The molecular formula is C8H17NO. The zero-order chi connectivity index (χ0) is 7.40. The molecule has 0 bridgehead atoms. The molecule has 2 nitrogen and oxygen atoms in total. The van der Waals surface area contributed by atoms with Crippen LogP contribution in [0.5, 0.6) is 0 Å². The quantitative estimate of drug-likeness (QED) is 0.598. The van der Waals surface area contributed by atoms with Crippen molar-refractivity contribution in [3.8, 4) is 0 Å².